The lowest BCUT2D eigenvalue weighted by Gasteiger charge is -2.15. The van der Waals surface area contributed by atoms with Crippen LogP contribution < -0.4 is 14.5 Å². The zero-order chi connectivity index (χ0) is 25.6. The van der Waals surface area contributed by atoms with Crippen LogP contribution in [0, 0.1) is 0 Å². The summed E-state index contributed by atoms with van der Waals surface area (Å²) in [5.74, 6) is 1.03. The van der Waals surface area contributed by atoms with Gasteiger partial charge < -0.3 is 9.47 Å². The summed E-state index contributed by atoms with van der Waals surface area (Å²) in [5.41, 5.74) is 4.56. The van der Waals surface area contributed by atoms with Gasteiger partial charge in [0.2, 0.25) is 0 Å². The summed E-state index contributed by atoms with van der Waals surface area (Å²) in [6.45, 7) is 2.82. The minimum absolute atomic E-state index is 0.191. The molecule has 0 N–H and O–H groups in total. The van der Waals surface area contributed by atoms with Gasteiger partial charge in [0, 0.05) is 5.56 Å². The highest BCUT2D eigenvalue weighted by atomic mass is 79.9. The molecule has 0 unspecified atom stereocenters. The first kappa shape index (κ1) is 24.5. The molecule has 0 saturated carbocycles. The average Bonchev–Trinajstić information content (AvgIpc) is 3.25. The number of rotatable bonds is 8. The van der Waals surface area contributed by atoms with E-state index in [4.69, 9.17) is 14.6 Å². The van der Waals surface area contributed by atoms with E-state index in [0.717, 1.165) is 21.2 Å². The smallest absolute Gasteiger partial charge is 0.281 e. The Bertz CT molecular complexity index is 1450. The van der Waals surface area contributed by atoms with E-state index in [1.807, 2.05) is 116 Å². The maximum atomic E-state index is 13.6. The first-order valence-corrected chi connectivity index (χ1v) is 12.8. The molecule has 1 heterocycles. The van der Waals surface area contributed by atoms with Crippen LogP contribution in [-0.2, 0) is 11.4 Å². The van der Waals surface area contributed by atoms with Gasteiger partial charge in [-0.3, -0.25) is 4.79 Å². The molecule has 6 heteroatoms. The van der Waals surface area contributed by atoms with Gasteiger partial charge in [0.25, 0.3) is 5.91 Å². The van der Waals surface area contributed by atoms with Crippen molar-refractivity contribution >= 4 is 39.3 Å². The maximum Gasteiger partial charge on any atom is 0.281 e. The van der Waals surface area contributed by atoms with Gasteiger partial charge in [-0.1, -0.05) is 78.9 Å². The first-order chi connectivity index (χ1) is 18.1. The fraction of sp³-hybridized carbons (Fsp3) is 0.0968. The third kappa shape index (κ3) is 5.49. The molecule has 0 bridgehead atoms. The van der Waals surface area contributed by atoms with Crippen molar-refractivity contribution in [2.45, 2.75) is 13.5 Å². The number of amides is 1. The average molecular weight is 553 g/mol. The van der Waals surface area contributed by atoms with Crippen LogP contribution in [0.15, 0.2) is 118 Å². The molecule has 0 fully saturated rings. The third-order valence-electron chi connectivity index (χ3n) is 5.79. The van der Waals surface area contributed by atoms with Crippen molar-refractivity contribution in [1.29, 1.82) is 0 Å². The van der Waals surface area contributed by atoms with Crippen LogP contribution in [0.5, 0.6) is 11.5 Å². The van der Waals surface area contributed by atoms with E-state index in [1.54, 1.807) is 0 Å². The summed E-state index contributed by atoms with van der Waals surface area (Å²) >= 11 is 3.65. The van der Waals surface area contributed by atoms with E-state index in [1.165, 1.54) is 5.01 Å². The number of hydrazone groups is 1. The summed E-state index contributed by atoms with van der Waals surface area (Å²) < 4.78 is 12.8. The number of hydrogen-bond acceptors (Lipinski definition) is 4. The molecular weight excluding hydrogens is 528 g/mol. The van der Waals surface area contributed by atoms with Crippen LogP contribution in [0.1, 0.15) is 23.6 Å². The molecular formula is C31H25BrN2O3. The Morgan fingerprint density at radius 3 is 2.19 bits per heavy atom. The lowest BCUT2D eigenvalue weighted by Crippen LogP contribution is -2.21. The van der Waals surface area contributed by atoms with Crippen LogP contribution in [0.4, 0.5) is 5.69 Å². The van der Waals surface area contributed by atoms with Gasteiger partial charge in [-0.15, -0.1) is 0 Å². The fourth-order valence-corrected chi connectivity index (χ4v) is 4.64. The number of ether oxygens (including phenoxy) is 2. The van der Waals surface area contributed by atoms with E-state index < -0.39 is 0 Å². The number of carbonyl (C=O) groups is 1. The Kier molecular flexibility index (Phi) is 7.47. The normalized spacial score (nSPS) is 14.1. The van der Waals surface area contributed by atoms with E-state index in [-0.39, 0.29) is 5.91 Å². The van der Waals surface area contributed by atoms with Gasteiger partial charge in [-0.2, -0.15) is 10.1 Å². The molecule has 0 atom stereocenters. The van der Waals surface area contributed by atoms with Crippen LogP contribution in [0.2, 0.25) is 0 Å². The van der Waals surface area contributed by atoms with Crippen LogP contribution in [0.3, 0.4) is 0 Å². The van der Waals surface area contributed by atoms with Crippen LogP contribution >= 0.6 is 15.9 Å². The Labute approximate surface area is 224 Å². The molecule has 1 aliphatic heterocycles. The molecule has 4 aromatic rings. The highest BCUT2D eigenvalue weighted by molar-refractivity contribution is 9.10. The van der Waals surface area contributed by atoms with Gasteiger partial charge in [0.05, 0.1) is 22.3 Å². The van der Waals surface area contributed by atoms with Gasteiger partial charge in [0.15, 0.2) is 11.5 Å². The molecule has 4 aromatic carbocycles. The van der Waals surface area contributed by atoms with Crippen molar-refractivity contribution in [3.63, 3.8) is 0 Å². The van der Waals surface area contributed by atoms with Crippen LogP contribution in [-0.4, -0.2) is 18.2 Å². The van der Waals surface area contributed by atoms with Crippen molar-refractivity contribution in [3.05, 3.63) is 130 Å². The standard InChI is InChI=1S/C31H25BrN2O3/c1-2-36-28-20-23(19-27(32)30(28)37-21-22-12-6-3-7-13-22)18-26-29(24-14-8-4-9-15-24)33-34(31(26)35)25-16-10-5-11-17-25/h3-20H,2,21H2,1H3/b26-18-. The van der Waals surface area contributed by atoms with Crippen molar-refractivity contribution in [1.82, 2.24) is 0 Å². The molecule has 0 aromatic heterocycles. The second-order valence-electron chi connectivity index (χ2n) is 8.36. The minimum Gasteiger partial charge on any atom is -0.490 e. The van der Waals surface area contributed by atoms with Crippen molar-refractivity contribution in [2.75, 3.05) is 11.6 Å². The van der Waals surface area contributed by atoms with Gasteiger partial charge >= 0.3 is 0 Å². The molecule has 0 radical (unpaired) electrons. The van der Waals surface area contributed by atoms with Gasteiger partial charge in [0.1, 0.15) is 12.3 Å². The zero-order valence-electron chi connectivity index (χ0n) is 20.3. The minimum atomic E-state index is -0.191. The summed E-state index contributed by atoms with van der Waals surface area (Å²) in [4.78, 5) is 13.6. The van der Waals surface area contributed by atoms with Gasteiger partial charge in [-0.25, -0.2) is 0 Å². The molecule has 184 valence electrons. The Hall–Kier alpha value is -4.16. The number of anilines is 1. The predicted octanol–water partition coefficient (Wildman–Crippen LogP) is 7.26. The van der Waals surface area contributed by atoms with Crippen molar-refractivity contribution in [3.8, 4) is 11.5 Å². The van der Waals surface area contributed by atoms with E-state index in [0.29, 0.717) is 41.7 Å². The molecule has 5 nitrogen and oxygen atoms in total. The first-order valence-electron chi connectivity index (χ1n) is 12.0. The summed E-state index contributed by atoms with van der Waals surface area (Å²) in [5, 5.41) is 6.16. The van der Waals surface area contributed by atoms with E-state index in [2.05, 4.69) is 15.9 Å². The second-order valence-corrected chi connectivity index (χ2v) is 9.22. The number of carbonyl (C=O) groups excluding carboxylic acids is 1. The number of hydrogen-bond donors (Lipinski definition) is 0. The summed E-state index contributed by atoms with van der Waals surface area (Å²) in [6.07, 6.45) is 1.85. The number of halogens is 1. The molecule has 37 heavy (non-hydrogen) atoms. The van der Waals surface area contributed by atoms with Crippen molar-refractivity contribution < 1.29 is 14.3 Å². The molecule has 1 aliphatic rings. The number of para-hydroxylation sites is 1. The molecule has 0 saturated heterocycles. The highest BCUT2D eigenvalue weighted by Crippen LogP contribution is 2.39. The Morgan fingerprint density at radius 2 is 1.51 bits per heavy atom. The monoisotopic (exact) mass is 552 g/mol. The Morgan fingerprint density at radius 1 is 0.865 bits per heavy atom. The number of benzene rings is 4. The SMILES string of the molecule is CCOc1cc(/C=C2\C(=O)N(c3ccccc3)N=C2c2ccccc2)cc(Br)c1OCc1ccccc1. The van der Waals surface area contributed by atoms with Crippen molar-refractivity contribution in [2.24, 2.45) is 5.10 Å². The van der Waals surface area contributed by atoms with E-state index in [9.17, 15) is 4.79 Å². The lowest BCUT2D eigenvalue weighted by molar-refractivity contribution is -0.114. The number of nitrogens with zero attached hydrogens (tertiary/aromatic N) is 2. The topological polar surface area (TPSA) is 51.1 Å². The quantitative estimate of drug-likeness (QED) is 0.216. The van der Waals surface area contributed by atoms with E-state index >= 15 is 0 Å². The fourth-order valence-electron chi connectivity index (χ4n) is 4.07. The summed E-state index contributed by atoms with van der Waals surface area (Å²) in [6, 6.07) is 33.0. The Balaban J connectivity index is 1.53. The molecule has 0 aliphatic carbocycles. The molecule has 1 amide bonds. The van der Waals surface area contributed by atoms with Crippen LogP contribution in [0.25, 0.3) is 6.08 Å². The maximum absolute atomic E-state index is 13.6. The highest BCUT2D eigenvalue weighted by Gasteiger charge is 2.32. The summed E-state index contributed by atoms with van der Waals surface area (Å²) in [7, 11) is 0. The predicted molar refractivity (Wildman–Crippen MR) is 151 cm³/mol. The lowest BCUT2D eigenvalue weighted by atomic mass is 10.00. The largest absolute Gasteiger partial charge is 0.490 e. The van der Waals surface area contributed by atoms with Gasteiger partial charge in [-0.05, 0) is 64.3 Å². The molecule has 0 spiro atoms. The zero-order valence-corrected chi connectivity index (χ0v) is 21.9. The molecule has 5 rings (SSSR count). The second kappa shape index (κ2) is 11.3. The third-order valence-corrected chi connectivity index (χ3v) is 6.38.